The van der Waals surface area contributed by atoms with E-state index in [1.165, 1.54) is 0 Å². The van der Waals surface area contributed by atoms with Gasteiger partial charge in [-0.25, -0.2) is 0 Å². The monoisotopic (exact) mass is 270 g/mol. The fraction of sp³-hybridized carbons (Fsp3) is 0.308. The van der Waals surface area contributed by atoms with Gasteiger partial charge in [-0.05, 0) is 43.2 Å². The minimum atomic E-state index is 0.186. The number of halogens is 2. The normalized spacial score (nSPS) is 14.2. The molecule has 2 nitrogen and oxygen atoms in total. The lowest BCUT2D eigenvalue weighted by Gasteiger charge is -2.04. The van der Waals surface area contributed by atoms with Gasteiger partial charge in [-0.15, -0.1) is 0 Å². The molecule has 17 heavy (non-hydrogen) atoms. The van der Waals surface area contributed by atoms with Crippen molar-refractivity contribution in [3.05, 3.63) is 40.4 Å². The molecule has 0 heterocycles. The quantitative estimate of drug-likeness (QED) is 0.757. The standard InChI is InChI=1S/C13H12Cl2O2/c14-12(15)7-8-17-11-5-3-10(4-6-11)13(16)9-1-2-9/h3-7,9H,1-2,8H2. The van der Waals surface area contributed by atoms with Gasteiger partial charge in [0.1, 0.15) is 16.8 Å². The first-order chi connectivity index (χ1) is 8.16. The zero-order valence-corrected chi connectivity index (χ0v) is 10.7. The maximum absolute atomic E-state index is 11.7. The molecule has 0 unspecified atom stereocenters. The lowest BCUT2D eigenvalue weighted by Crippen LogP contribution is -2.01. The van der Waals surface area contributed by atoms with Gasteiger partial charge < -0.3 is 4.74 Å². The number of hydrogen-bond acceptors (Lipinski definition) is 2. The van der Waals surface area contributed by atoms with Crippen LogP contribution in [0.3, 0.4) is 0 Å². The number of hydrogen-bond donors (Lipinski definition) is 0. The molecule has 0 aromatic heterocycles. The summed E-state index contributed by atoms with van der Waals surface area (Å²) in [5, 5.41) is 0. The number of carbonyl (C=O) groups excluding carboxylic acids is 1. The molecule has 0 N–H and O–H groups in total. The Bertz CT molecular complexity index is 429. The molecule has 0 aliphatic heterocycles. The van der Waals surface area contributed by atoms with Crippen molar-refractivity contribution in [2.45, 2.75) is 12.8 Å². The maximum Gasteiger partial charge on any atom is 0.165 e. The molecule has 4 heteroatoms. The number of benzene rings is 1. The first-order valence-electron chi connectivity index (χ1n) is 5.45. The molecule has 2 rings (SSSR count). The number of ketones is 1. The Labute approximate surface area is 110 Å². The van der Waals surface area contributed by atoms with Gasteiger partial charge in [0.2, 0.25) is 0 Å². The third kappa shape index (κ3) is 3.76. The molecule has 1 aliphatic rings. The van der Waals surface area contributed by atoms with E-state index in [4.69, 9.17) is 27.9 Å². The van der Waals surface area contributed by atoms with Gasteiger partial charge in [0.15, 0.2) is 5.78 Å². The van der Waals surface area contributed by atoms with Gasteiger partial charge >= 0.3 is 0 Å². The molecule has 1 aliphatic carbocycles. The van der Waals surface area contributed by atoms with Gasteiger partial charge in [0.25, 0.3) is 0 Å². The van der Waals surface area contributed by atoms with E-state index in [2.05, 4.69) is 0 Å². The average Bonchev–Trinajstić information content (AvgIpc) is 3.12. The third-order valence-electron chi connectivity index (χ3n) is 2.57. The van der Waals surface area contributed by atoms with Crippen LogP contribution in [0.5, 0.6) is 5.75 Å². The van der Waals surface area contributed by atoms with Gasteiger partial charge in [-0.2, -0.15) is 0 Å². The summed E-state index contributed by atoms with van der Waals surface area (Å²) in [7, 11) is 0. The van der Waals surface area contributed by atoms with E-state index in [0.717, 1.165) is 18.4 Å². The molecule has 90 valence electrons. The van der Waals surface area contributed by atoms with E-state index in [1.54, 1.807) is 30.3 Å². The summed E-state index contributed by atoms with van der Waals surface area (Å²) < 4.78 is 5.56. The van der Waals surface area contributed by atoms with E-state index in [9.17, 15) is 4.79 Å². The van der Waals surface area contributed by atoms with Crippen molar-refractivity contribution in [1.29, 1.82) is 0 Å². The number of rotatable bonds is 5. The maximum atomic E-state index is 11.7. The Hall–Kier alpha value is -0.990. The van der Waals surface area contributed by atoms with Crippen LogP contribution in [0.15, 0.2) is 34.8 Å². The van der Waals surface area contributed by atoms with Crippen molar-refractivity contribution in [1.82, 2.24) is 0 Å². The largest absolute Gasteiger partial charge is 0.489 e. The number of carbonyl (C=O) groups is 1. The number of Topliss-reactive ketones (excluding diaryl/α,β-unsaturated/α-hetero) is 1. The van der Waals surface area contributed by atoms with Crippen molar-refractivity contribution in [3.8, 4) is 5.75 Å². The minimum absolute atomic E-state index is 0.186. The Balaban J connectivity index is 1.93. The molecule has 1 aromatic carbocycles. The van der Waals surface area contributed by atoms with E-state index >= 15 is 0 Å². The molecule has 1 saturated carbocycles. The van der Waals surface area contributed by atoms with Gasteiger partial charge in [-0.1, -0.05) is 23.2 Å². The molecule has 0 atom stereocenters. The highest BCUT2D eigenvalue weighted by atomic mass is 35.5. The highest BCUT2D eigenvalue weighted by molar-refractivity contribution is 6.55. The van der Waals surface area contributed by atoms with Crippen LogP contribution in [-0.2, 0) is 0 Å². The highest BCUT2D eigenvalue weighted by Gasteiger charge is 2.30. The molecule has 0 radical (unpaired) electrons. The summed E-state index contributed by atoms with van der Waals surface area (Å²) in [5.41, 5.74) is 0.755. The predicted octanol–water partition coefficient (Wildman–Crippen LogP) is 3.98. The molecular formula is C13H12Cl2O2. The molecule has 0 bridgehead atoms. The van der Waals surface area contributed by atoms with Crippen LogP contribution in [0.4, 0.5) is 0 Å². The van der Waals surface area contributed by atoms with Crippen LogP contribution in [0.1, 0.15) is 23.2 Å². The second-order valence-corrected chi connectivity index (χ2v) is 4.98. The minimum Gasteiger partial charge on any atom is -0.489 e. The second kappa shape index (κ2) is 5.56. The van der Waals surface area contributed by atoms with E-state index in [-0.39, 0.29) is 16.2 Å². The Morgan fingerprint density at radius 3 is 2.47 bits per heavy atom. The zero-order chi connectivity index (χ0) is 12.3. The van der Waals surface area contributed by atoms with E-state index in [0.29, 0.717) is 12.4 Å². The van der Waals surface area contributed by atoms with E-state index in [1.807, 2.05) is 0 Å². The topological polar surface area (TPSA) is 26.3 Å². The summed E-state index contributed by atoms with van der Waals surface area (Å²) in [6.07, 6.45) is 3.61. The van der Waals surface area contributed by atoms with Gasteiger partial charge in [0.05, 0.1) is 0 Å². The Morgan fingerprint density at radius 1 is 1.29 bits per heavy atom. The van der Waals surface area contributed by atoms with Crippen LogP contribution in [0.2, 0.25) is 0 Å². The van der Waals surface area contributed by atoms with Crippen LogP contribution in [-0.4, -0.2) is 12.4 Å². The molecule has 0 spiro atoms. The summed E-state index contributed by atoms with van der Waals surface area (Å²) >= 11 is 10.9. The Morgan fingerprint density at radius 2 is 1.94 bits per heavy atom. The van der Waals surface area contributed by atoms with Gasteiger partial charge in [0, 0.05) is 11.5 Å². The van der Waals surface area contributed by atoms with Crippen LogP contribution < -0.4 is 4.74 Å². The number of ether oxygens (including phenoxy) is 1. The van der Waals surface area contributed by atoms with Crippen LogP contribution >= 0.6 is 23.2 Å². The molecular weight excluding hydrogens is 259 g/mol. The molecule has 0 saturated heterocycles. The summed E-state index contributed by atoms with van der Waals surface area (Å²) in [6.45, 7) is 0.318. The van der Waals surface area contributed by atoms with Crippen LogP contribution in [0.25, 0.3) is 0 Å². The summed E-state index contributed by atoms with van der Waals surface area (Å²) in [5.74, 6) is 1.18. The smallest absolute Gasteiger partial charge is 0.165 e. The average molecular weight is 271 g/mol. The fourth-order valence-corrected chi connectivity index (χ4v) is 1.62. The second-order valence-electron chi connectivity index (χ2n) is 3.97. The van der Waals surface area contributed by atoms with Crippen molar-refractivity contribution in [2.75, 3.05) is 6.61 Å². The Kier molecular flexibility index (Phi) is 4.08. The fourth-order valence-electron chi connectivity index (χ4n) is 1.50. The van der Waals surface area contributed by atoms with Crippen molar-refractivity contribution in [2.24, 2.45) is 5.92 Å². The molecule has 0 amide bonds. The van der Waals surface area contributed by atoms with Crippen molar-refractivity contribution < 1.29 is 9.53 Å². The summed E-state index contributed by atoms with van der Waals surface area (Å²) in [4.78, 5) is 11.7. The van der Waals surface area contributed by atoms with Crippen molar-refractivity contribution in [3.63, 3.8) is 0 Å². The molecule has 1 fully saturated rings. The first-order valence-corrected chi connectivity index (χ1v) is 6.20. The third-order valence-corrected chi connectivity index (χ3v) is 2.88. The van der Waals surface area contributed by atoms with Crippen molar-refractivity contribution >= 4 is 29.0 Å². The highest BCUT2D eigenvalue weighted by Crippen LogP contribution is 2.32. The van der Waals surface area contributed by atoms with Crippen LogP contribution in [0, 0.1) is 5.92 Å². The zero-order valence-electron chi connectivity index (χ0n) is 9.16. The first kappa shape index (κ1) is 12.5. The molecule has 1 aromatic rings. The van der Waals surface area contributed by atoms with E-state index < -0.39 is 0 Å². The SMILES string of the molecule is O=C(c1ccc(OCC=C(Cl)Cl)cc1)C1CC1. The summed E-state index contributed by atoms with van der Waals surface area (Å²) in [6, 6.07) is 7.15. The lowest BCUT2D eigenvalue weighted by atomic mass is 10.1. The van der Waals surface area contributed by atoms with Gasteiger partial charge in [-0.3, -0.25) is 4.79 Å². The lowest BCUT2D eigenvalue weighted by molar-refractivity contribution is 0.0967. The predicted molar refractivity (Wildman–Crippen MR) is 68.8 cm³/mol.